The first-order valence-corrected chi connectivity index (χ1v) is 6.91. The minimum Gasteiger partial charge on any atom is -0.481 e. The number of unbranched alkanes of at least 4 members (excludes halogenated alkanes) is 3. The lowest BCUT2D eigenvalue weighted by atomic mass is 10.0. The van der Waals surface area contributed by atoms with Gasteiger partial charge in [-0.3, -0.25) is 0 Å². The molecule has 1 rings (SSSR count). The molecule has 4 heteroatoms. The zero-order valence-electron chi connectivity index (χ0n) is 11.8. The molecule has 0 aliphatic heterocycles. The Labute approximate surface area is 110 Å². The Morgan fingerprint density at radius 3 is 2.72 bits per heavy atom. The van der Waals surface area contributed by atoms with Crippen LogP contribution in [0.1, 0.15) is 57.7 Å². The topological polar surface area (TPSA) is 47.0 Å². The Morgan fingerprint density at radius 1 is 1.22 bits per heavy atom. The molecule has 1 aromatic rings. The zero-order chi connectivity index (χ0) is 13.2. The molecule has 1 heterocycles. The van der Waals surface area contributed by atoms with Crippen LogP contribution in [0, 0.1) is 0 Å². The van der Waals surface area contributed by atoms with Gasteiger partial charge in [0.2, 0.25) is 5.88 Å². The van der Waals surface area contributed by atoms with E-state index < -0.39 is 0 Å². The number of nitrogens with zero attached hydrogens (tertiary/aromatic N) is 2. The van der Waals surface area contributed by atoms with Crippen LogP contribution in [0.15, 0.2) is 12.4 Å². The second-order valence-electron chi connectivity index (χ2n) is 4.44. The molecule has 0 aromatic carbocycles. The number of hydrogen-bond acceptors (Lipinski definition) is 4. The molecule has 1 N–H and O–H groups in total. The van der Waals surface area contributed by atoms with Crippen LogP contribution in [0.4, 0.5) is 0 Å². The van der Waals surface area contributed by atoms with Gasteiger partial charge in [-0.1, -0.05) is 39.5 Å². The molecule has 0 saturated heterocycles. The van der Waals surface area contributed by atoms with Gasteiger partial charge in [-0.15, -0.1) is 0 Å². The molecule has 0 aliphatic rings. The van der Waals surface area contributed by atoms with Crippen LogP contribution in [-0.4, -0.2) is 23.6 Å². The second kappa shape index (κ2) is 8.86. The molecule has 0 amide bonds. The van der Waals surface area contributed by atoms with E-state index in [1.54, 1.807) is 13.4 Å². The third kappa shape index (κ3) is 5.00. The fraction of sp³-hybridized carbons (Fsp3) is 0.714. The van der Waals surface area contributed by atoms with Gasteiger partial charge in [-0.25, -0.2) is 9.97 Å². The van der Waals surface area contributed by atoms with Crippen molar-refractivity contribution < 1.29 is 4.74 Å². The van der Waals surface area contributed by atoms with Crippen molar-refractivity contribution in [2.45, 2.75) is 52.0 Å². The lowest BCUT2D eigenvalue weighted by Gasteiger charge is -2.17. The third-order valence-corrected chi connectivity index (χ3v) is 3.03. The molecule has 1 unspecified atom stereocenters. The minimum absolute atomic E-state index is 0.309. The lowest BCUT2D eigenvalue weighted by Crippen LogP contribution is -2.22. The van der Waals surface area contributed by atoms with E-state index in [-0.39, 0.29) is 0 Å². The van der Waals surface area contributed by atoms with Crippen LogP contribution in [0.5, 0.6) is 5.88 Å². The first-order valence-electron chi connectivity index (χ1n) is 6.91. The monoisotopic (exact) mass is 251 g/mol. The largest absolute Gasteiger partial charge is 0.481 e. The summed E-state index contributed by atoms with van der Waals surface area (Å²) in [4.78, 5) is 8.40. The highest BCUT2D eigenvalue weighted by molar-refractivity contribution is 5.16. The van der Waals surface area contributed by atoms with Crippen molar-refractivity contribution in [3.63, 3.8) is 0 Å². The van der Waals surface area contributed by atoms with Gasteiger partial charge in [0.1, 0.15) is 6.33 Å². The number of rotatable bonds is 9. The van der Waals surface area contributed by atoms with Crippen molar-refractivity contribution in [2.24, 2.45) is 0 Å². The van der Waals surface area contributed by atoms with Gasteiger partial charge in [0.15, 0.2) is 0 Å². The van der Waals surface area contributed by atoms with Crippen molar-refractivity contribution >= 4 is 0 Å². The summed E-state index contributed by atoms with van der Waals surface area (Å²) in [5.41, 5.74) is 1.03. The van der Waals surface area contributed by atoms with Crippen molar-refractivity contribution in [3.05, 3.63) is 18.1 Å². The molecular formula is C14H25N3O. The van der Waals surface area contributed by atoms with Gasteiger partial charge >= 0.3 is 0 Å². The zero-order valence-corrected chi connectivity index (χ0v) is 11.8. The van der Waals surface area contributed by atoms with Gasteiger partial charge in [-0.2, -0.15) is 0 Å². The summed E-state index contributed by atoms with van der Waals surface area (Å²) < 4.78 is 5.15. The summed E-state index contributed by atoms with van der Waals surface area (Å²) in [6, 6.07) is 2.23. The molecule has 0 aliphatic carbocycles. The van der Waals surface area contributed by atoms with E-state index in [0.717, 1.165) is 18.7 Å². The smallest absolute Gasteiger partial charge is 0.216 e. The SMILES string of the molecule is CCCCCCC(NCC)c1cc(OC)ncn1. The number of aromatic nitrogens is 2. The molecule has 4 nitrogen and oxygen atoms in total. The summed E-state index contributed by atoms with van der Waals surface area (Å²) in [5.74, 6) is 0.636. The lowest BCUT2D eigenvalue weighted by molar-refractivity contribution is 0.392. The summed E-state index contributed by atoms with van der Waals surface area (Å²) in [5, 5.41) is 3.48. The maximum Gasteiger partial charge on any atom is 0.216 e. The van der Waals surface area contributed by atoms with E-state index in [9.17, 15) is 0 Å². The predicted molar refractivity (Wildman–Crippen MR) is 73.8 cm³/mol. The van der Waals surface area contributed by atoms with Gasteiger partial charge in [0, 0.05) is 12.1 Å². The molecule has 0 spiro atoms. The quantitative estimate of drug-likeness (QED) is 0.685. The fourth-order valence-corrected chi connectivity index (χ4v) is 2.03. The van der Waals surface area contributed by atoms with E-state index in [4.69, 9.17) is 4.74 Å². The van der Waals surface area contributed by atoms with E-state index in [0.29, 0.717) is 11.9 Å². The number of hydrogen-bond donors (Lipinski definition) is 1. The minimum atomic E-state index is 0.309. The Bertz CT molecular complexity index is 331. The Morgan fingerprint density at radius 2 is 2.06 bits per heavy atom. The van der Waals surface area contributed by atoms with Gasteiger partial charge in [0.05, 0.1) is 12.8 Å². The summed E-state index contributed by atoms with van der Waals surface area (Å²) in [6.07, 6.45) is 7.80. The molecule has 0 saturated carbocycles. The highest BCUT2D eigenvalue weighted by Gasteiger charge is 2.12. The number of ether oxygens (including phenoxy) is 1. The average molecular weight is 251 g/mol. The molecule has 1 aromatic heterocycles. The van der Waals surface area contributed by atoms with E-state index in [2.05, 4.69) is 29.1 Å². The molecular weight excluding hydrogens is 226 g/mol. The van der Waals surface area contributed by atoms with Crippen molar-refractivity contribution in [3.8, 4) is 5.88 Å². The predicted octanol–water partition coefficient (Wildman–Crippen LogP) is 3.11. The molecule has 18 heavy (non-hydrogen) atoms. The van der Waals surface area contributed by atoms with Crippen LogP contribution in [0.25, 0.3) is 0 Å². The van der Waals surface area contributed by atoms with E-state index >= 15 is 0 Å². The van der Waals surface area contributed by atoms with Crippen LogP contribution in [0.2, 0.25) is 0 Å². The molecule has 0 fully saturated rings. The van der Waals surface area contributed by atoms with Crippen LogP contribution in [0.3, 0.4) is 0 Å². The van der Waals surface area contributed by atoms with Gasteiger partial charge in [-0.05, 0) is 13.0 Å². The fourth-order valence-electron chi connectivity index (χ4n) is 2.03. The summed E-state index contributed by atoms with van der Waals surface area (Å²) in [6.45, 7) is 5.30. The Kier molecular flexibility index (Phi) is 7.34. The molecule has 0 bridgehead atoms. The standard InChI is InChI=1S/C14H25N3O/c1-4-6-7-8-9-12(15-5-2)13-10-14(18-3)17-11-16-13/h10-12,15H,4-9H2,1-3H3. The van der Waals surface area contributed by atoms with Crippen molar-refractivity contribution in [1.29, 1.82) is 0 Å². The molecule has 102 valence electrons. The normalized spacial score (nSPS) is 12.4. The number of methoxy groups -OCH3 is 1. The highest BCUT2D eigenvalue weighted by atomic mass is 16.5. The first kappa shape index (κ1) is 14.9. The summed E-state index contributed by atoms with van der Waals surface area (Å²) >= 11 is 0. The van der Waals surface area contributed by atoms with Gasteiger partial charge < -0.3 is 10.1 Å². The molecule has 0 radical (unpaired) electrons. The van der Waals surface area contributed by atoms with Crippen LogP contribution >= 0.6 is 0 Å². The van der Waals surface area contributed by atoms with Crippen molar-refractivity contribution in [2.75, 3.05) is 13.7 Å². The number of nitrogens with one attached hydrogen (secondary N) is 1. The Hall–Kier alpha value is -1.16. The first-order chi connectivity index (χ1) is 8.81. The van der Waals surface area contributed by atoms with E-state index in [1.165, 1.54) is 25.7 Å². The molecule has 1 atom stereocenters. The van der Waals surface area contributed by atoms with Gasteiger partial charge in [0.25, 0.3) is 0 Å². The van der Waals surface area contributed by atoms with Crippen LogP contribution in [-0.2, 0) is 0 Å². The maximum atomic E-state index is 5.15. The van der Waals surface area contributed by atoms with Crippen LogP contribution < -0.4 is 10.1 Å². The van der Waals surface area contributed by atoms with Crippen molar-refractivity contribution in [1.82, 2.24) is 15.3 Å². The maximum absolute atomic E-state index is 5.15. The average Bonchev–Trinajstić information content (AvgIpc) is 2.42. The second-order valence-corrected chi connectivity index (χ2v) is 4.44. The third-order valence-electron chi connectivity index (χ3n) is 3.03. The van der Waals surface area contributed by atoms with E-state index in [1.807, 2.05) is 6.07 Å². The Balaban J connectivity index is 2.58. The summed E-state index contributed by atoms with van der Waals surface area (Å²) in [7, 11) is 1.63. The highest BCUT2D eigenvalue weighted by Crippen LogP contribution is 2.20.